The highest BCUT2D eigenvalue weighted by atomic mass is 16.9. The van der Waals surface area contributed by atoms with Crippen molar-refractivity contribution >= 4 is 16.6 Å². The van der Waals surface area contributed by atoms with Crippen LogP contribution in [0.3, 0.4) is 0 Å². The number of Topliss-reactive ketones (excluding diaryl/α,β-unsaturated/α-hetero) is 1. The van der Waals surface area contributed by atoms with Crippen molar-refractivity contribution < 1.29 is 48.5 Å². The number of carbonyl (C=O) groups is 1. The third-order valence-electron chi connectivity index (χ3n) is 8.39. The number of hydrogen-bond donors (Lipinski definition) is 3. The van der Waals surface area contributed by atoms with Gasteiger partial charge in [-0.25, -0.2) is 0 Å². The van der Waals surface area contributed by atoms with E-state index in [1.54, 1.807) is 0 Å². The molecule has 1 aliphatic carbocycles. The molecule has 5 aliphatic rings. The summed E-state index contributed by atoms with van der Waals surface area (Å²) in [4.78, 5) is 12.9. The highest BCUT2D eigenvalue weighted by Crippen LogP contribution is 2.70. The van der Waals surface area contributed by atoms with Crippen molar-refractivity contribution in [2.45, 2.75) is 61.7 Å². The first-order valence-corrected chi connectivity index (χ1v) is 11.8. The Kier molecular flexibility index (Phi) is 4.13. The molecule has 186 valence electrons. The van der Waals surface area contributed by atoms with E-state index in [1.165, 1.54) is 14.2 Å². The molecule has 0 amide bonds. The number of aryl methyl sites for hydroxylation is 1. The number of epoxide rings is 1. The molecule has 6 atom stereocenters. The van der Waals surface area contributed by atoms with Gasteiger partial charge in [0.25, 0.3) is 5.79 Å². The Bertz CT molecular complexity index is 1310. The zero-order chi connectivity index (χ0) is 24.5. The van der Waals surface area contributed by atoms with E-state index in [0.29, 0.717) is 41.5 Å². The first kappa shape index (κ1) is 21.8. The van der Waals surface area contributed by atoms with Crippen LogP contribution in [0.1, 0.15) is 46.0 Å². The number of aromatic hydroxyl groups is 1. The molecule has 0 saturated carbocycles. The first-order chi connectivity index (χ1) is 16.8. The van der Waals surface area contributed by atoms with Gasteiger partial charge in [-0.2, -0.15) is 0 Å². The molecular formula is C25H26O10. The molecule has 2 aromatic rings. The highest BCUT2D eigenvalue weighted by Gasteiger charge is 2.92. The summed E-state index contributed by atoms with van der Waals surface area (Å²) >= 11 is 0. The van der Waals surface area contributed by atoms with Crippen molar-refractivity contribution in [3.05, 3.63) is 28.3 Å². The van der Waals surface area contributed by atoms with Crippen LogP contribution < -0.4 is 9.47 Å². The Labute approximate surface area is 200 Å². The summed E-state index contributed by atoms with van der Waals surface area (Å²) in [6.07, 6.45) is -1.07. The molecule has 3 N–H and O–H groups in total. The molecule has 0 radical (unpaired) electrons. The summed E-state index contributed by atoms with van der Waals surface area (Å²) in [5, 5.41) is 34.2. The van der Waals surface area contributed by atoms with E-state index >= 15 is 0 Å². The Morgan fingerprint density at radius 3 is 2.69 bits per heavy atom. The fraction of sp³-hybridized carbons (Fsp3) is 0.560. The van der Waals surface area contributed by atoms with E-state index in [-0.39, 0.29) is 34.8 Å². The minimum absolute atomic E-state index is 0.0643. The number of aliphatic hydroxyl groups is 2. The molecule has 35 heavy (non-hydrogen) atoms. The third-order valence-corrected chi connectivity index (χ3v) is 8.39. The minimum atomic E-state index is -1.98. The van der Waals surface area contributed by atoms with E-state index in [2.05, 4.69) is 0 Å². The van der Waals surface area contributed by atoms with Crippen molar-refractivity contribution in [3.63, 3.8) is 0 Å². The van der Waals surface area contributed by atoms with Crippen molar-refractivity contribution in [2.75, 3.05) is 27.4 Å². The second-order valence-corrected chi connectivity index (χ2v) is 9.94. The van der Waals surface area contributed by atoms with Crippen molar-refractivity contribution in [1.82, 2.24) is 0 Å². The van der Waals surface area contributed by atoms with Crippen LogP contribution in [0.4, 0.5) is 0 Å². The first-order valence-electron chi connectivity index (χ1n) is 11.8. The standard InChI is InChI=1S/C25H26O10/c1-10-7-12-17(18(28)16-11(19(12)31-3)5-4-6-13(16)27)20-15(10)21-22-24(29,33-20)23(9-32-23)25(34-21,35-22)14(8-26)30-2/h7,14,21-22,26,28-29H,4-6,8-9H2,1-3H3/t14?,21?,22?,23-,24-,25?/m0/s1. The molecule has 10 heteroatoms. The maximum absolute atomic E-state index is 12.9. The number of aliphatic hydroxyl groups excluding tert-OH is 1. The molecule has 7 rings (SSSR count). The molecule has 2 bridgehead atoms. The monoisotopic (exact) mass is 486 g/mol. The summed E-state index contributed by atoms with van der Waals surface area (Å²) in [7, 11) is 2.95. The van der Waals surface area contributed by atoms with E-state index in [0.717, 1.165) is 5.56 Å². The van der Waals surface area contributed by atoms with Crippen LogP contribution >= 0.6 is 0 Å². The van der Waals surface area contributed by atoms with Crippen LogP contribution in [-0.4, -0.2) is 77.9 Å². The number of ether oxygens (including phenoxy) is 6. The summed E-state index contributed by atoms with van der Waals surface area (Å²) in [5.41, 5.74) is 0.832. The molecular weight excluding hydrogens is 460 g/mol. The van der Waals surface area contributed by atoms with Crippen LogP contribution in [0.2, 0.25) is 0 Å². The van der Waals surface area contributed by atoms with Crippen LogP contribution in [0, 0.1) is 6.92 Å². The Morgan fingerprint density at radius 1 is 1.26 bits per heavy atom. The Hall–Kier alpha value is -2.47. The van der Waals surface area contributed by atoms with Gasteiger partial charge in [0, 0.05) is 30.0 Å². The smallest absolute Gasteiger partial charge is 0.274 e. The summed E-state index contributed by atoms with van der Waals surface area (Å²) < 4.78 is 36.0. The lowest BCUT2D eigenvalue weighted by atomic mass is 9.77. The van der Waals surface area contributed by atoms with Gasteiger partial charge in [0.15, 0.2) is 11.9 Å². The van der Waals surface area contributed by atoms with Crippen LogP contribution in [-0.2, 0) is 25.4 Å². The lowest BCUT2D eigenvalue weighted by molar-refractivity contribution is -0.307. The Morgan fingerprint density at radius 2 is 2.03 bits per heavy atom. The van der Waals surface area contributed by atoms with Crippen LogP contribution in [0.5, 0.6) is 17.2 Å². The van der Waals surface area contributed by atoms with E-state index in [1.807, 2.05) is 13.0 Å². The number of phenols is 1. The van der Waals surface area contributed by atoms with Crippen molar-refractivity contribution in [1.29, 1.82) is 0 Å². The lowest BCUT2D eigenvalue weighted by Crippen LogP contribution is -2.69. The average molecular weight is 486 g/mol. The zero-order valence-electron chi connectivity index (χ0n) is 19.5. The highest BCUT2D eigenvalue weighted by molar-refractivity contribution is 6.11. The van der Waals surface area contributed by atoms with Gasteiger partial charge in [-0.3, -0.25) is 4.79 Å². The quantitative estimate of drug-likeness (QED) is 0.544. The summed E-state index contributed by atoms with van der Waals surface area (Å²) in [6, 6.07) is 1.87. The van der Waals surface area contributed by atoms with E-state index in [4.69, 9.17) is 28.4 Å². The van der Waals surface area contributed by atoms with Crippen molar-refractivity contribution in [2.24, 2.45) is 0 Å². The third kappa shape index (κ3) is 2.21. The molecule has 10 nitrogen and oxygen atoms in total. The summed E-state index contributed by atoms with van der Waals surface area (Å²) in [5.74, 6) is -3.21. The minimum Gasteiger partial charge on any atom is -0.506 e. The number of rotatable bonds is 4. The van der Waals surface area contributed by atoms with Gasteiger partial charge in [-0.1, -0.05) is 0 Å². The molecule has 4 heterocycles. The van der Waals surface area contributed by atoms with Crippen molar-refractivity contribution in [3.8, 4) is 17.2 Å². The molecule has 4 unspecified atom stereocenters. The molecule has 4 aliphatic heterocycles. The molecule has 1 spiro atoms. The normalized spacial score (nSPS) is 36.8. The van der Waals surface area contributed by atoms with Gasteiger partial charge in [-0.05, 0) is 31.4 Å². The van der Waals surface area contributed by atoms with Gasteiger partial charge in [0.2, 0.25) is 11.4 Å². The zero-order valence-corrected chi connectivity index (χ0v) is 19.5. The number of phenolic OH excluding ortho intramolecular Hbond substituents is 1. The second kappa shape index (κ2) is 6.64. The number of methoxy groups -OCH3 is 2. The molecule has 3 fully saturated rings. The second-order valence-electron chi connectivity index (χ2n) is 9.94. The van der Waals surface area contributed by atoms with Crippen LogP contribution in [0.15, 0.2) is 6.07 Å². The van der Waals surface area contributed by atoms with Gasteiger partial charge in [-0.15, -0.1) is 0 Å². The summed E-state index contributed by atoms with van der Waals surface area (Å²) in [6.45, 7) is 1.51. The van der Waals surface area contributed by atoms with Gasteiger partial charge >= 0.3 is 0 Å². The topological polar surface area (TPSA) is 136 Å². The van der Waals surface area contributed by atoms with E-state index < -0.39 is 42.1 Å². The Balaban J connectivity index is 1.53. The number of benzene rings is 2. The number of carbonyl (C=O) groups excluding carboxylic acids is 1. The molecule has 3 saturated heterocycles. The van der Waals surface area contributed by atoms with Gasteiger partial charge < -0.3 is 43.7 Å². The van der Waals surface area contributed by atoms with Gasteiger partial charge in [0.1, 0.15) is 29.5 Å². The fourth-order valence-electron chi connectivity index (χ4n) is 6.77. The average Bonchev–Trinajstić information content (AvgIpc) is 3.51. The van der Waals surface area contributed by atoms with Crippen LogP contribution in [0.25, 0.3) is 10.8 Å². The number of fused-ring (bicyclic) bond motifs is 8. The van der Waals surface area contributed by atoms with E-state index in [9.17, 15) is 20.1 Å². The largest absolute Gasteiger partial charge is 0.506 e. The maximum Gasteiger partial charge on any atom is 0.274 e. The van der Waals surface area contributed by atoms with Gasteiger partial charge in [0.05, 0.1) is 31.3 Å². The predicted octanol–water partition coefficient (Wildman–Crippen LogP) is 1.41. The molecule has 2 aromatic carbocycles. The predicted molar refractivity (Wildman–Crippen MR) is 118 cm³/mol. The number of ketones is 1. The lowest BCUT2D eigenvalue weighted by Gasteiger charge is -2.47. The fourth-order valence-corrected chi connectivity index (χ4v) is 6.77. The SMILES string of the molecule is COc1c2c(c(O)c3c4c(c(C)cc13)C1OC3(C(CO)OC)OC1[C@](O)(O4)[C@@]31CO1)C(=O)CCC2. The number of hydrogen-bond acceptors (Lipinski definition) is 10. The maximum atomic E-state index is 12.9. The molecule has 0 aromatic heterocycles.